The summed E-state index contributed by atoms with van der Waals surface area (Å²) in [6, 6.07) is 0.314. The van der Waals surface area contributed by atoms with Crippen molar-refractivity contribution in [2.24, 2.45) is 0 Å². The highest BCUT2D eigenvalue weighted by molar-refractivity contribution is 8.13. The Balaban J connectivity index is 1.40. The molecule has 0 aromatic carbocycles. The van der Waals surface area contributed by atoms with Crippen LogP contribution in [0, 0.1) is 0 Å². The fraction of sp³-hybridized carbons (Fsp3) is 0.962. The lowest BCUT2D eigenvalue weighted by Gasteiger charge is -2.22. The molecule has 194 valence electrons. The number of carbonyl (C=O) groups is 1. The van der Waals surface area contributed by atoms with Crippen LogP contribution in [0.5, 0.6) is 0 Å². The normalized spacial score (nSPS) is 27.5. The monoisotopic (exact) mass is 492 g/mol. The maximum Gasteiger partial charge on any atom is 0.296 e. The molecule has 3 aliphatic carbocycles. The van der Waals surface area contributed by atoms with E-state index in [9.17, 15) is 13.2 Å². The fourth-order valence-corrected chi connectivity index (χ4v) is 8.35. The van der Waals surface area contributed by atoms with Gasteiger partial charge in [0.1, 0.15) is 0 Å². The first-order chi connectivity index (χ1) is 16.5. The number of nitrogens with one attached hydrogen (secondary N) is 2. The third-order valence-corrected chi connectivity index (χ3v) is 10.2. The number of hydrogen-bond donors (Lipinski definition) is 2. The second kappa shape index (κ2) is 15.6. The molecule has 0 aromatic rings. The van der Waals surface area contributed by atoms with E-state index in [4.69, 9.17) is 0 Å². The van der Waals surface area contributed by atoms with Crippen LogP contribution in [0.25, 0.3) is 0 Å². The zero-order chi connectivity index (χ0) is 24.1. The minimum Gasteiger partial charge on any atom is -0.362 e. The molecule has 3 fully saturated rings. The standard InChI is InChI=1S/C26H50B2N2O3S/c31-26(27-22-14-7-3-1-4-8-15-22)29-24-18-11-12-19-25(21-13-20-24)30-34(32,33)28-23-16-9-5-2-6-10-17-23/h22-25,27-28,30H,1-21H2,(H,29,31). The van der Waals surface area contributed by atoms with Crippen molar-refractivity contribution in [2.45, 2.75) is 159 Å². The fourth-order valence-electron chi connectivity index (χ4n) is 6.56. The van der Waals surface area contributed by atoms with Crippen LogP contribution in [0.4, 0.5) is 4.79 Å². The van der Waals surface area contributed by atoms with Crippen molar-refractivity contribution in [3.63, 3.8) is 0 Å². The lowest BCUT2D eigenvalue weighted by Crippen LogP contribution is -2.39. The van der Waals surface area contributed by atoms with E-state index in [1.165, 1.54) is 77.0 Å². The Bertz CT molecular complexity index is 676. The molecule has 0 heterocycles. The van der Waals surface area contributed by atoms with Gasteiger partial charge in [-0.25, -0.2) is 13.1 Å². The molecule has 3 saturated carbocycles. The SMILES string of the molecule is O=C(BC1CCCCCCC1)NC1CCCCC(NS(=O)(=O)BC2CCCCCCC2)CCC1. The lowest BCUT2D eigenvalue weighted by atomic mass is 9.59. The molecule has 3 rings (SSSR count). The summed E-state index contributed by atoms with van der Waals surface area (Å²) in [6.45, 7) is 0.309. The molecule has 0 radical (unpaired) electrons. The zero-order valence-electron chi connectivity index (χ0n) is 21.7. The minimum absolute atomic E-state index is 0.0583. The number of carbonyl (C=O) groups excluding carboxylic acids is 1. The van der Waals surface area contributed by atoms with Gasteiger partial charge in [-0.2, -0.15) is 0 Å². The first kappa shape index (κ1) is 28.1. The van der Waals surface area contributed by atoms with Crippen molar-refractivity contribution in [1.29, 1.82) is 0 Å². The maximum absolute atomic E-state index is 12.9. The van der Waals surface area contributed by atoms with Crippen LogP contribution in [0.2, 0.25) is 11.6 Å². The molecule has 2 atom stereocenters. The van der Waals surface area contributed by atoms with Gasteiger partial charge in [0, 0.05) is 12.1 Å². The average Bonchev–Trinajstić information content (AvgIpc) is 2.84. The molecule has 1 amide bonds. The van der Waals surface area contributed by atoms with E-state index < -0.39 is 9.87 Å². The van der Waals surface area contributed by atoms with Crippen LogP contribution < -0.4 is 10.0 Å². The van der Waals surface area contributed by atoms with Gasteiger partial charge in [0.15, 0.2) is 15.7 Å². The Morgan fingerprint density at radius 2 is 1.00 bits per heavy atom. The number of hydrogen-bond acceptors (Lipinski definition) is 3. The second-order valence-electron chi connectivity index (χ2n) is 11.7. The van der Waals surface area contributed by atoms with E-state index in [-0.39, 0.29) is 17.9 Å². The van der Waals surface area contributed by atoms with Crippen molar-refractivity contribution in [3.8, 4) is 0 Å². The quantitative estimate of drug-likeness (QED) is 0.432. The number of amides is 1. The van der Waals surface area contributed by atoms with Gasteiger partial charge in [-0.3, -0.25) is 4.79 Å². The first-order valence-electron chi connectivity index (χ1n) is 14.8. The van der Waals surface area contributed by atoms with Gasteiger partial charge < -0.3 is 5.32 Å². The van der Waals surface area contributed by atoms with Crippen LogP contribution in [-0.4, -0.2) is 40.1 Å². The van der Waals surface area contributed by atoms with E-state index in [1.807, 2.05) is 0 Å². The van der Waals surface area contributed by atoms with E-state index in [1.54, 1.807) is 0 Å². The van der Waals surface area contributed by atoms with Crippen molar-refractivity contribution < 1.29 is 13.2 Å². The van der Waals surface area contributed by atoms with E-state index >= 15 is 0 Å². The third-order valence-electron chi connectivity index (χ3n) is 8.55. The Morgan fingerprint density at radius 1 is 0.559 bits per heavy atom. The molecule has 8 heteroatoms. The predicted molar refractivity (Wildman–Crippen MR) is 147 cm³/mol. The first-order valence-corrected chi connectivity index (χ1v) is 16.4. The Morgan fingerprint density at radius 3 is 1.62 bits per heavy atom. The smallest absolute Gasteiger partial charge is 0.296 e. The van der Waals surface area contributed by atoms with Gasteiger partial charge in [0.25, 0.3) is 6.56 Å². The average molecular weight is 492 g/mol. The van der Waals surface area contributed by atoms with Gasteiger partial charge in [-0.05, 0) is 37.9 Å². The summed E-state index contributed by atoms with van der Waals surface area (Å²) in [5, 5.41) is 3.35. The molecule has 2 unspecified atom stereocenters. The molecular formula is C26H50B2N2O3S. The van der Waals surface area contributed by atoms with Crippen LogP contribution in [-0.2, 0) is 9.87 Å². The van der Waals surface area contributed by atoms with E-state index in [2.05, 4.69) is 10.0 Å². The molecule has 0 aliphatic heterocycles. The summed E-state index contributed by atoms with van der Waals surface area (Å²) in [6.07, 6.45) is 24.2. The largest absolute Gasteiger partial charge is 0.362 e. The summed E-state index contributed by atoms with van der Waals surface area (Å²) >= 11 is 0. The van der Waals surface area contributed by atoms with Crippen molar-refractivity contribution in [2.75, 3.05) is 0 Å². The topological polar surface area (TPSA) is 75.3 Å². The Kier molecular flexibility index (Phi) is 12.9. The van der Waals surface area contributed by atoms with Gasteiger partial charge in [-0.1, -0.05) is 109 Å². The number of rotatable bonds is 7. The Labute approximate surface area is 211 Å². The van der Waals surface area contributed by atoms with Crippen LogP contribution in [0.15, 0.2) is 0 Å². The third kappa shape index (κ3) is 11.5. The summed E-state index contributed by atoms with van der Waals surface area (Å²) in [4.78, 5) is 12.7. The molecule has 0 aromatic heterocycles. The van der Waals surface area contributed by atoms with Crippen molar-refractivity contribution >= 4 is 29.5 Å². The van der Waals surface area contributed by atoms with Gasteiger partial charge in [0.2, 0.25) is 7.28 Å². The highest BCUT2D eigenvalue weighted by atomic mass is 32.2. The molecule has 34 heavy (non-hydrogen) atoms. The minimum atomic E-state index is -3.22. The summed E-state index contributed by atoms with van der Waals surface area (Å²) in [5.41, 5.74) is 0. The van der Waals surface area contributed by atoms with Crippen molar-refractivity contribution in [1.82, 2.24) is 10.0 Å². The molecule has 0 bridgehead atoms. The van der Waals surface area contributed by atoms with E-state index in [0.717, 1.165) is 57.8 Å². The molecule has 0 saturated heterocycles. The summed E-state index contributed by atoms with van der Waals surface area (Å²) in [7, 11) is -2.53. The molecule has 0 spiro atoms. The van der Waals surface area contributed by atoms with E-state index in [0.29, 0.717) is 25.5 Å². The Hall–Kier alpha value is -0.490. The van der Waals surface area contributed by atoms with Crippen molar-refractivity contribution in [3.05, 3.63) is 0 Å². The lowest BCUT2D eigenvalue weighted by molar-refractivity contribution is 0.253. The predicted octanol–water partition coefficient (Wildman–Crippen LogP) is 5.95. The highest BCUT2D eigenvalue weighted by Gasteiger charge is 2.26. The van der Waals surface area contributed by atoms with Crippen LogP contribution in [0.1, 0.15) is 135 Å². The maximum atomic E-state index is 12.9. The summed E-state index contributed by atoms with van der Waals surface area (Å²) < 4.78 is 28.9. The summed E-state index contributed by atoms with van der Waals surface area (Å²) in [5.74, 6) is 1.13. The highest BCUT2D eigenvalue weighted by Crippen LogP contribution is 2.28. The molecular weight excluding hydrogens is 442 g/mol. The van der Waals surface area contributed by atoms with Gasteiger partial charge in [-0.15, -0.1) is 0 Å². The van der Waals surface area contributed by atoms with Gasteiger partial charge >= 0.3 is 0 Å². The second-order valence-corrected chi connectivity index (χ2v) is 13.5. The van der Waals surface area contributed by atoms with Crippen LogP contribution in [0.3, 0.4) is 0 Å². The molecule has 5 nitrogen and oxygen atoms in total. The van der Waals surface area contributed by atoms with Crippen LogP contribution >= 0.6 is 0 Å². The van der Waals surface area contributed by atoms with Gasteiger partial charge in [0.05, 0.1) is 0 Å². The molecule has 3 aliphatic rings. The zero-order valence-corrected chi connectivity index (χ0v) is 22.5. The molecule has 2 N–H and O–H groups in total.